The van der Waals surface area contributed by atoms with Crippen LogP contribution in [0, 0.1) is 5.92 Å². The lowest BCUT2D eigenvalue weighted by Gasteiger charge is -2.09. The van der Waals surface area contributed by atoms with Gasteiger partial charge in [0.05, 0.1) is 0 Å². The van der Waals surface area contributed by atoms with E-state index >= 15 is 0 Å². The molecule has 2 aromatic rings. The van der Waals surface area contributed by atoms with E-state index in [4.69, 9.17) is 4.74 Å². The van der Waals surface area contributed by atoms with E-state index in [0.717, 1.165) is 23.5 Å². The molecule has 0 aliphatic heterocycles. The molecule has 0 saturated heterocycles. The Bertz CT molecular complexity index is 607. The molecule has 3 rings (SSSR count). The standard InChI is InChI=1S/C18H20N2O2/c21-18(19-12-14-6-7-14)20-16-8-10-17(11-9-16)22-13-15-4-2-1-3-5-15/h1-5,8-11,14H,6-7,12-13H2,(H2,19,20,21). The van der Waals surface area contributed by atoms with E-state index in [2.05, 4.69) is 10.6 Å². The molecular weight excluding hydrogens is 276 g/mol. The number of anilines is 1. The van der Waals surface area contributed by atoms with Crippen LogP contribution in [0.4, 0.5) is 10.5 Å². The summed E-state index contributed by atoms with van der Waals surface area (Å²) in [7, 11) is 0. The predicted octanol–water partition coefficient (Wildman–Crippen LogP) is 3.80. The van der Waals surface area contributed by atoms with Crippen molar-refractivity contribution in [2.45, 2.75) is 19.4 Å². The van der Waals surface area contributed by atoms with Gasteiger partial charge >= 0.3 is 6.03 Å². The Kier molecular flexibility index (Phi) is 4.59. The van der Waals surface area contributed by atoms with Gasteiger partial charge in [0.2, 0.25) is 0 Å². The van der Waals surface area contributed by atoms with Gasteiger partial charge in [0.1, 0.15) is 12.4 Å². The molecule has 1 fully saturated rings. The van der Waals surface area contributed by atoms with Crippen LogP contribution in [-0.2, 0) is 6.61 Å². The highest BCUT2D eigenvalue weighted by molar-refractivity contribution is 5.89. The highest BCUT2D eigenvalue weighted by Crippen LogP contribution is 2.27. The topological polar surface area (TPSA) is 50.4 Å². The maximum atomic E-state index is 11.7. The number of hydrogen-bond acceptors (Lipinski definition) is 2. The number of hydrogen-bond donors (Lipinski definition) is 2. The van der Waals surface area contributed by atoms with Gasteiger partial charge < -0.3 is 15.4 Å². The SMILES string of the molecule is O=C(NCC1CC1)Nc1ccc(OCc2ccccc2)cc1. The van der Waals surface area contributed by atoms with Crippen molar-refractivity contribution in [3.05, 3.63) is 60.2 Å². The Labute approximate surface area is 130 Å². The summed E-state index contributed by atoms with van der Waals surface area (Å²) in [6.07, 6.45) is 2.46. The summed E-state index contributed by atoms with van der Waals surface area (Å²) in [6, 6.07) is 17.3. The molecule has 0 heterocycles. The lowest BCUT2D eigenvalue weighted by atomic mass is 10.2. The molecule has 4 heteroatoms. The molecular formula is C18H20N2O2. The van der Waals surface area contributed by atoms with Crippen molar-refractivity contribution in [2.24, 2.45) is 5.92 Å². The monoisotopic (exact) mass is 296 g/mol. The average molecular weight is 296 g/mol. The summed E-state index contributed by atoms with van der Waals surface area (Å²) in [4.78, 5) is 11.7. The van der Waals surface area contributed by atoms with Crippen LogP contribution in [0.15, 0.2) is 54.6 Å². The van der Waals surface area contributed by atoms with Crippen LogP contribution in [0.2, 0.25) is 0 Å². The zero-order valence-corrected chi connectivity index (χ0v) is 12.4. The zero-order chi connectivity index (χ0) is 15.2. The molecule has 114 valence electrons. The molecule has 1 saturated carbocycles. The molecule has 22 heavy (non-hydrogen) atoms. The molecule has 4 nitrogen and oxygen atoms in total. The van der Waals surface area contributed by atoms with Gasteiger partial charge in [-0.2, -0.15) is 0 Å². The molecule has 0 spiro atoms. The van der Waals surface area contributed by atoms with E-state index in [-0.39, 0.29) is 6.03 Å². The Hall–Kier alpha value is -2.49. The highest BCUT2D eigenvalue weighted by atomic mass is 16.5. The van der Waals surface area contributed by atoms with Crippen LogP contribution < -0.4 is 15.4 Å². The molecule has 2 N–H and O–H groups in total. The molecule has 0 unspecified atom stereocenters. The van der Waals surface area contributed by atoms with Crippen LogP contribution in [-0.4, -0.2) is 12.6 Å². The lowest BCUT2D eigenvalue weighted by molar-refractivity contribution is 0.251. The second-order valence-corrected chi connectivity index (χ2v) is 5.58. The minimum Gasteiger partial charge on any atom is -0.489 e. The maximum absolute atomic E-state index is 11.7. The first-order valence-corrected chi connectivity index (χ1v) is 7.61. The Balaban J connectivity index is 1.46. The van der Waals surface area contributed by atoms with Gasteiger partial charge in [-0.1, -0.05) is 30.3 Å². The van der Waals surface area contributed by atoms with Crippen LogP contribution in [0.3, 0.4) is 0 Å². The fourth-order valence-corrected chi connectivity index (χ4v) is 2.11. The van der Waals surface area contributed by atoms with Crippen molar-refractivity contribution >= 4 is 11.7 Å². The van der Waals surface area contributed by atoms with Gasteiger partial charge in [-0.05, 0) is 48.6 Å². The highest BCUT2D eigenvalue weighted by Gasteiger charge is 2.21. The molecule has 0 bridgehead atoms. The van der Waals surface area contributed by atoms with E-state index in [9.17, 15) is 4.79 Å². The normalized spacial score (nSPS) is 13.5. The summed E-state index contributed by atoms with van der Waals surface area (Å²) in [5.41, 5.74) is 1.89. The maximum Gasteiger partial charge on any atom is 0.319 e. The van der Waals surface area contributed by atoms with Gasteiger partial charge in [-0.3, -0.25) is 0 Å². The van der Waals surface area contributed by atoms with Gasteiger partial charge in [0.15, 0.2) is 0 Å². The first-order chi connectivity index (χ1) is 10.8. The van der Waals surface area contributed by atoms with Crippen molar-refractivity contribution < 1.29 is 9.53 Å². The average Bonchev–Trinajstić information content (AvgIpc) is 3.38. The number of benzene rings is 2. The number of amides is 2. The number of carbonyl (C=O) groups excluding carboxylic acids is 1. The minimum atomic E-state index is -0.148. The number of carbonyl (C=O) groups is 1. The second-order valence-electron chi connectivity index (χ2n) is 5.58. The summed E-state index contributed by atoms with van der Waals surface area (Å²) in [5.74, 6) is 1.47. The number of ether oxygens (including phenoxy) is 1. The van der Waals surface area contributed by atoms with Crippen LogP contribution in [0.5, 0.6) is 5.75 Å². The van der Waals surface area contributed by atoms with E-state index < -0.39 is 0 Å². The third-order valence-electron chi connectivity index (χ3n) is 3.61. The molecule has 2 amide bonds. The number of nitrogens with one attached hydrogen (secondary N) is 2. The second kappa shape index (κ2) is 6.98. The minimum absolute atomic E-state index is 0.148. The quantitative estimate of drug-likeness (QED) is 0.852. The fraction of sp³-hybridized carbons (Fsp3) is 0.278. The smallest absolute Gasteiger partial charge is 0.319 e. The van der Waals surface area contributed by atoms with Gasteiger partial charge in [-0.15, -0.1) is 0 Å². The Morgan fingerprint density at radius 1 is 1.05 bits per heavy atom. The number of urea groups is 1. The Morgan fingerprint density at radius 3 is 2.45 bits per heavy atom. The van der Waals surface area contributed by atoms with Crippen LogP contribution in [0.25, 0.3) is 0 Å². The number of rotatable bonds is 6. The van der Waals surface area contributed by atoms with Crippen molar-refractivity contribution in [2.75, 3.05) is 11.9 Å². The van der Waals surface area contributed by atoms with E-state index in [1.807, 2.05) is 54.6 Å². The molecule has 0 aromatic heterocycles. The fourth-order valence-electron chi connectivity index (χ4n) is 2.11. The molecule has 1 aliphatic rings. The van der Waals surface area contributed by atoms with Crippen molar-refractivity contribution in [1.82, 2.24) is 5.32 Å². The first kappa shape index (κ1) is 14.4. The van der Waals surface area contributed by atoms with Crippen molar-refractivity contribution in [3.8, 4) is 5.75 Å². The summed E-state index contributed by atoms with van der Waals surface area (Å²) < 4.78 is 5.71. The van der Waals surface area contributed by atoms with E-state index in [1.165, 1.54) is 12.8 Å². The van der Waals surface area contributed by atoms with Gasteiger partial charge in [0.25, 0.3) is 0 Å². The summed E-state index contributed by atoms with van der Waals surface area (Å²) in [6.45, 7) is 1.31. The van der Waals surface area contributed by atoms with Crippen molar-refractivity contribution in [1.29, 1.82) is 0 Å². The van der Waals surface area contributed by atoms with Crippen LogP contribution >= 0.6 is 0 Å². The molecule has 2 aromatic carbocycles. The molecule has 0 atom stereocenters. The zero-order valence-electron chi connectivity index (χ0n) is 12.4. The first-order valence-electron chi connectivity index (χ1n) is 7.61. The third kappa shape index (κ3) is 4.52. The van der Waals surface area contributed by atoms with E-state index in [1.54, 1.807) is 0 Å². The lowest BCUT2D eigenvalue weighted by Crippen LogP contribution is -2.30. The third-order valence-corrected chi connectivity index (χ3v) is 3.61. The van der Waals surface area contributed by atoms with Gasteiger partial charge in [-0.25, -0.2) is 4.79 Å². The molecule has 1 aliphatic carbocycles. The largest absolute Gasteiger partial charge is 0.489 e. The predicted molar refractivity (Wildman–Crippen MR) is 87.0 cm³/mol. The summed E-state index contributed by atoms with van der Waals surface area (Å²) >= 11 is 0. The molecule has 0 radical (unpaired) electrons. The van der Waals surface area contributed by atoms with Crippen molar-refractivity contribution in [3.63, 3.8) is 0 Å². The Morgan fingerprint density at radius 2 is 1.77 bits per heavy atom. The van der Waals surface area contributed by atoms with Gasteiger partial charge in [0, 0.05) is 12.2 Å². The van der Waals surface area contributed by atoms with Crippen LogP contribution in [0.1, 0.15) is 18.4 Å². The summed E-state index contributed by atoms with van der Waals surface area (Å²) in [5, 5.41) is 5.69. The van der Waals surface area contributed by atoms with E-state index in [0.29, 0.717) is 12.5 Å².